The van der Waals surface area contributed by atoms with Gasteiger partial charge in [-0.25, -0.2) is 4.98 Å². The summed E-state index contributed by atoms with van der Waals surface area (Å²) in [5, 5.41) is 7.50. The number of hydrogen-bond donors (Lipinski definition) is 2. The van der Waals surface area contributed by atoms with E-state index in [2.05, 4.69) is 29.7 Å². The molecule has 0 aliphatic carbocycles. The fourth-order valence-electron chi connectivity index (χ4n) is 4.79. The lowest BCUT2D eigenvalue weighted by atomic mass is 9.95. The third kappa shape index (κ3) is 5.11. The fourth-order valence-corrected chi connectivity index (χ4v) is 4.79. The van der Waals surface area contributed by atoms with E-state index in [0.29, 0.717) is 12.2 Å². The lowest BCUT2D eigenvalue weighted by Crippen LogP contribution is -2.30. The number of benzene rings is 3. The maximum atomic E-state index is 14.0. The van der Waals surface area contributed by atoms with Crippen molar-refractivity contribution in [1.82, 2.24) is 15.6 Å². The number of ether oxygens (including phenoxy) is 1. The summed E-state index contributed by atoms with van der Waals surface area (Å²) >= 11 is 0. The molecule has 1 unspecified atom stereocenters. The number of para-hydroxylation sites is 1. The average molecular weight is 466 g/mol. The van der Waals surface area contributed by atoms with Crippen LogP contribution in [0.15, 0.2) is 84.9 Å². The Bertz CT molecular complexity index is 1290. The summed E-state index contributed by atoms with van der Waals surface area (Å²) < 4.78 is 6.32. The Morgan fingerprint density at radius 1 is 1.03 bits per heavy atom. The largest absolute Gasteiger partial charge is 0.372 e. The monoisotopic (exact) mass is 465 g/mol. The van der Waals surface area contributed by atoms with E-state index in [1.54, 1.807) is 0 Å². The molecule has 1 aliphatic rings. The molecule has 5 heteroatoms. The smallest absolute Gasteiger partial charge is 0.252 e. The van der Waals surface area contributed by atoms with Crippen LogP contribution in [0.25, 0.3) is 22.2 Å². The minimum atomic E-state index is -0.0976. The summed E-state index contributed by atoms with van der Waals surface area (Å²) in [6, 6.07) is 28.0. The molecule has 2 N–H and O–H groups in total. The summed E-state index contributed by atoms with van der Waals surface area (Å²) in [6.45, 7) is 4.21. The Balaban J connectivity index is 1.62. The molecule has 0 radical (unpaired) electrons. The fraction of sp³-hybridized carbons (Fsp3) is 0.267. The number of aromatic nitrogens is 1. The molecule has 0 bridgehead atoms. The second-order valence-corrected chi connectivity index (χ2v) is 8.97. The standard InChI is InChI=1S/C30H31N3O2/c1-2-26(21-11-5-3-6-12-21)33-30(34)28-24-15-9-10-16-27(24)32-29(22-13-7-4-8-14-22)25(28)20-35-23-17-18-31-19-23/h3-16,23,26,31H,2,17-20H2,1H3,(H,33,34)/t23?,26-/m0/s1. The normalized spacial score (nSPS) is 16.3. The van der Waals surface area contributed by atoms with Crippen LogP contribution in [0.4, 0.5) is 0 Å². The first kappa shape index (κ1) is 23.2. The molecule has 1 aliphatic heterocycles. The van der Waals surface area contributed by atoms with Gasteiger partial charge in [-0.15, -0.1) is 0 Å². The van der Waals surface area contributed by atoms with Crippen molar-refractivity contribution in [2.75, 3.05) is 13.1 Å². The van der Waals surface area contributed by atoms with E-state index in [-0.39, 0.29) is 18.1 Å². The summed E-state index contributed by atoms with van der Waals surface area (Å²) in [5.74, 6) is -0.0976. The number of rotatable bonds is 8. The molecule has 4 aromatic rings. The minimum Gasteiger partial charge on any atom is -0.372 e. The average Bonchev–Trinajstić information content (AvgIpc) is 3.44. The van der Waals surface area contributed by atoms with Gasteiger partial charge < -0.3 is 15.4 Å². The second-order valence-electron chi connectivity index (χ2n) is 8.97. The topological polar surface area (TPSA) is 63.2 Å². The summed E-state index contributed by atoms with van der Waals surface area (Å²) in [4.78, 5) is 19.0. The maximum absolute atomic E-state index is 14.0. The first-order valence-corrected chi connectivity index (χ1v) is 12.4. The molecule has 1 amide bonds. The predicted molar refractivity (Wildman–Crippen MR) is 140 cm³/mol. The van der Waals surface area contributed by atoms with Gasteiger partial charge in [0.1, 0.15) is 0 Å². The Morgan fingerprint density at radius 2 is 1.74 bits per heavy atom. The van der Waals surface area contributed by atoms with Gasteiger partial charge in [0.15, 0.2) is 0 Å². The molecule has 1 aromatic heterocycles. The van der Waals surface area contributed by atoms with Crippen molar-refractivity contribution in [3.63, 3.8) is 0 Å². The number of nitrogens with zero attached hydrogens (tertiary/aromatic N) is 1. The quantitative estimate of drug-likeness (QED) is 0.352. The lowest BCUT2D eigenvalue weighted by molar-refractivity contribution is 0.0536. The number of pyridine rings is 1. The van der Waals surface area contributed by atoms with Crippen LogP contribution in [0.5, 0.6) is 0 Å². The minimum absolute atomic E-state index is 0.0800. The number of carbonyl (C=O) groups is 1. The van der Waals surface area contributed by atoms with Crippen LogP contribution in [0.2, 0.25) is 0 Å². The van der Waals surface area contributed by atoms with E-state index in [4.69, 9.17) is 9.72 Å². The highest BCUT2D eigenvalue weighted by Crippen LogP contribution is 2.32. The van der Waals surface area contributed by atoms with Crippen LogP contribution in [0.1, 0.15) is 47.3 Å². The van der Waals surface area contributed by atoms with Crippen LogP contribution in [-0.2, 0) is 11.3 Å². The maximum Gasteiger partial charge on any atom is 0.252 e. The highest BCUT2D eigenvalue weighted by molar-refractivity contribution is 6.09. The molecule has 5 rings (SSSR count). The summed E-state index contributed by atoms with van der Waals surface area (Å²) in [6.07, 6.45) is 1.90. The van der Waals surface area contributed by atoms with Gasteiger partial charge in [0, 0.05) is 23.1 Å². The van der Waals surface area contributed by atoms with Gasteiger partial charge in [-0.2, -0.15) is 0 Å². The van der Waals surface area contributed by atoms with Crippen molar-refractivity contribution in [2.24, 2.45) is 0 Å². The van der Waals surface area contributed by atoms with E-state index in [9.17, 15) is 4.79 Å². The SMILES string of the molecule is CC[C@H](NC(=O)c1c(COC2CCNC2)c(-c2ccccc2)nc2ccccc12)c1ccccc1. The molecule has 0 saturated carbocycles. The van der Waals surface area contributed by atoms with Gasteiger partial charge in [-0.3, -0.25) is 4.79 Å². The van der Waals surface area contributed by atoms with Crippen LogP contribution >= 0.6 is 0 Å². The van der Waals surface area contributed by atoms with Crippen LogP contribution < -0.4 is 10.6 Å². The van der Waals surface area contributed by atoms with Gasteiger partial charge >= 0.3 is 0 Å². The van der Waals surface area contributed by atoms with E-state index >= 15 is 0 Å². The van der Waals surface area contributed by atoms with Gasteiger partial charge in [0.2, 0.25) is 0 Å². The van der Waals surface area contributed by atoms with Crippen molar-refractivity contribution in [2.45, 2.75) is 38.5 Å². The van der Waals surface area contributed by atoms with Gasteiger partial charge in [-0.05, 0) is 31.0 Å². The van der Waals surface area contributed by atoms with Crippen LogP contribution in [0.3, 0.4) is 0 Å². The molecule has 2 heterocycles. The Kier molecular flexibility index (Phi) is 7.17. The van der Waals surface area contributed by atoms with Crippen molar-refractivity contribution in [3.8, 4) is 11.3 Å². The van der Waals surface area contributed by atoms with E-state index in [1.807, 2.05) is 72.8 Å². The predicted octanol–water partition coefficient (Wildman–Crippen LogP) is 5.66. The lowest BCUT2D eigenvalue weighted by Gasteiger charge is -2.22. The number of nitrogens with one attached hydrogen (secondary N) is 2. The highest BCUT2D eigenvalue weighted by atomic mass is 16.5. The number of carbonyl (C=O) groups excluding carboxylic acids is 1. The molecule has 35 heavy (non-hydrogen) atoms. The van der Waals surface area contributed by atoms with Gasteiger partial charge in [0.25, 0.3) is 5.91 Å². The second kappa shape index (κ2) is 10.8. The molecular weight excluding hydrogens is 434 g/mol. The number of amides is 1. The van der Waals surface area contributed by atoms with Crippen molar-refractivity contribution in [1.29, 1.82) is 0 Å². The van der Waals surface area contributed by atoms with E-state index in [0.717, 1.165) is 59.2 Å². The van der Waals surface area contributed by atoms with Crippen molar-refractivity contribution < 1.29 is 9.53 Å². The van der Waals surface area contributed by atoms with Gasteiger partial charge in [-0.1, -0.05) is 85.8 Å². The highest BCUT2D eigenvalue weighted by Gasteiger charge is 2.25. The van der Waals surface area contributed by atoms with Crippen LogP contribution in [0, 0.1) is 0 Å². The van der Waals surface area contributed by atoms with E-state index in [1.165, 1.54) is 0 Å². The summed E-state index contributed by atoms with van der Waals surface area (Å²) in [5.41, 5.74) is 5.16. The zero-order valence-corrected chi connectivity index (χ0v) is 20.0. The van der Waals surface area contributed by atoms with E-state index < -0.39 is 0 Å². The zero-order chi connectivity index (χ0) is 24.0. The van der Waals surface area contributed by atoms with Crippen molar-refractivity contribution >= 4 is 16.8 Å². The Morgan fingerprint density at radius 3 is 2.46 bits per heavy atom. The van der Waals surface area contributed by atoms with Gasteiger partial charge in [0.05, 0.1) is 35.5 Å². The third-order valence-electron chi connectivity index (χ3n) is 6.66. The molecule has 3 aromatic carbocycles. The molecule has 5 nitrogen and oxygen atoms in total. The number of hydrogen-bond acceptors (Lipinski definition) is 4. The van der Waals surface area contributed by atoms with Crippen molar-refractivity contribution in [3.05, 3.63) is 102 Å². The zero-order valence-electron chi connectivity index (χ0n) is 20.0. The molecule has 178 valence electrons. The first-order chi connectivity index (χ1) is 17.2. The number of fused-ring (bicyclic) bond motifs is 1. The molecule has 1 saturated heterocycles. The molecule has 2 atom stereocenters. The first-order valence-electron chi connectivity index (χ1n) is 12.4. The Hall–Kier alpha value is -3.54. The summed E-state index contributed by atoms with van der Waals surface area (Å²) in [7, 11) is 0. The molecule has 1 fully saturated rings. The Labute approximate surface area is 206 Å². The molecular formula is C30H31N3O2. The third-order valence-corrected chi connectivity index (χ3v) is 6.66. The van der Waals surface area contributed by atoms with Crippen LogP contribution in [-0.4, -0.2) is 30.1 Å². The molecule has 0 spiro atoms.